The fourth-order valence-corrected chi connectivity index (χ4v) is 7.18. The zero-order chi connectivity index (χ0) is 33.3. The molecule has 0 fully saturated rings. The first-order valence-electron chi connectivity index (χ1n) is 16.0. The second kappa shape index (κ2) is 10.6. The number of nitriles is 2. The summed E-state index contributed by atoms with van der Waals surface area (Å²) >= 11 is 0. The highest BCUT2D eigenvalue weighted by Gasteiger charge is 2.35. The van der Waals surface area contributed by atoms with Crippen LogP contribution in [0.4, 0.5) is 0 Å². The number of rotatable bonds is 4. The van der Waals surface area contributed by atoms with Crippen LogP contribution in [-0.2, 0) is 5.41 Å². The summed E-state index contributed by atoms with van der Waals surface area (Å²) < 4.78 is 12.4. The molecule has 2 aromatic heterocycles. The van der Waals surface area contributed by atoms with Gasteiger partial charge in [-0.3, -0.25) is 0 Å². The lowest BCUT2D eigenvalue weighted by molar-refractivity contribution is 0.617. The van der Waals surface area contributed by atoms with Crippen molar-refractivity contribution in [1.82, 2.24) is 9.97 Å². The van der Waals surface area contributed by atoms with Crippen LogP contribution in [0.25, 0.3) is 78.5 Å². The Kier molecular flexibility index (Phi) is 6.18. The normalized spacial score (nSPS) is 12.8. The van der Waals surface area contributed by atoms with Crippen LogP contribution in [0.1, 0.15) is 36.1 Å². The molecule has 6 nitrogen and oxygen atoms in total. The molecule has 0 saturated carbocycles. The molecule has 230 valence electrons. The molecule has 8 aromatic rings. The van der Waals surface area contributed by atoms with Gasteiger partial charge in [-0.25, -0.2) is 9.97 Å². The van der Waals surface area contributed by atoms with Crippen molar-refractivity contribution in [2.75, 3.05) is 0 Å². The highest BCUT2D eigenvalue weighted by atomic mass is 16.4. The third-order valence-electron chi connectivity index (χ3n) is 9.60. The summed E-state index contributed by atoms with van der Waals surface area (Å²) in [4.78, 5) is 9.53. The number of aromatic nitrogens is 2. The maximum atomic E-state index is 10.8. The maximum absolute atomic E-state index is 10.8. The lowest BCUT2D eigenvalue weighted by Gasteiger charge is -2.22. The maximum Gasteiger partial charge on any atom is 0.227 e. The van der Waals surface area contributed by atoms with E-state index in [9.17, 15) is 10.5 Å². The smallest absolute Gasteiger partial charge is 0.227 e. The van der Waals surface area contributed by atoms with Crippen molar-refractivity contribution in [2.45, 2.75) is 19.3 Å². The molecule has 0 atom stereocenters. The van der Waals surface area contributed by atoms with Gasteiger partial charge in [0.25, 0.3) is 0 Å². The van der Waals surface area contributed by atoms with Crippen molar-refractivity contribution in [1.29, 1.82) is 10.5 Å². The van der Waals surface area contributed by atoms with Gasteiger partial charge in [0.15, 0.2) is 11.2 Å². The Morgan fingerprint density at radius 3 is 1.67 bits per heavy atom. The van der Waals surface area contributed by atoms with E-state index < -0.39 is 0 Å². The quantitative estimate of drug-likeness (QED) is 0.192. The molecule has 9 rings (SSSR count). The van der Waals surface area contributed by atoms with Gasteiger partial charge < -0.3 is 8.83 Å². The van der Waals surface area contributed by atoms with E-state index in [0.717, 1.165) is 16.6 Å². The van der Waals surface area contributed by atoms with Gasteiger partial charge in [0.1, 0.15) is 17.1 Å². The molecule has 1 aliphatic rings. The van der Waals surface area contributed by atoms with Crippen molar-refractivity contribution in [3.63, 3.8) is 0 Å². The molecule has 0 N–H and O–H groups in total. The highest BCUT2D eigenvalue weighted by molar-refractivity contribution is 5.90. The van der Waals surface area contributed by atoms with E-state index in [1.165, 1.54) is 22.3 Å². The molecule has 1 aliphatic carbocycles. The SMILES string of the molecule is CC1(C)c2ccccc2-c2ccc(-c3cc(C#N)cc(-c4cc(-c5nc6ccccc6o5)cc(-c5nc6ccccc6o5)c4)c3C#N)cc21. The fraction of sp³-hybridized carbons (Fsp3) is 0.0698. The van der Waals surface area contributed by atoms with Gasteiger partial charge in [-0.2, -0.15) is 10.5 Å². The molecule has 0 bridgehead atoms. The predicted molar refractivity (Wildman–Crippen MR) is 190 cm³/mol. The van der Waals surface area contributed by atoms with Crippen LogP contribution in [-0.4, -0.2) is 9.97 Å². The third kappa shape index (κ3) is 4.47. The van der Waals surface area contributed by atoms with Crippen LogP contribution in [0.15, 0.2) is 130 Å². The number of hydrogen-bond acceptors (Lipinski definition) is 6. The van der Waals surface area contributed by atoms with Crippen molar-refractivity contribution >= 4 is 22.2 Å². The summed E-state index contributed by atoms with van der Waals surface area (Å²) in [7, 11) is 0. The van der Waals surface area contributed by atoms with E-state index in [4.69, 9.17) is 18.8 Å². The number of hydrogen-bond donors (Lipinski definition) is 0. The first-order chi connectivity index (χ1) is 23.9. The predicted octanol–water partition coefficient (Wildman–Crippen LogP) is 10.7. The molecule has 0 aliphatic heterocycles. The average molecular weight is 631 g/mol. The van der Waals surface area contributed by atoms with E-state index in [2.05, 4.69) is 68.5 Å². The summed E-state index contributed by atoms with van der Waals surface area (Å²) in [5, 5.41) is 21.0. The topological polar surface area (TPSA) is 99.6 Å². The Hall–Kier alpha value is -6.76. The van der Waals surface area contributed by atoms with Crippen molar-refractivity contribution < 1.29 is 8.83 Å². The van der Waals surface area contributed by atoms with Crippen LogP contribution in [0.5, 0.6) is 0 Å². The minimum absolute atomic E-state index is 0.215. The minimum Gasteiger partial charge on any atom is -0.436 e. The molecule has 6 heteroatoms. The summed E-state index contributed by atoms with van der Waals surface area (Å²) in [6, 6.07) is 44.3. The molecule has 0 unspecified atom stereocenters. The fourth-order valence-electron chi connectivity index (χ4n) is 7.18. The first-order valence-corrected chi connectivity index (χ1v) is 16.0. The zero-order valence-electron chi connectivity index (χ0n) is 26.7. The van der Waals surface area contributed by atoms with Crippen LogP contribution >= 0.6 is 0 Å². The van der Waals surface area contributed by atoms with Crippen LogP contribution in [0.3, 0.4) is 0 Å². The minimum atomic E-state index is -0.215. The number of nitrogens with zero attached hydrogens (tertiary/aromatic N) is 4. The second-order valence-electron chi connectivity index (χ2n) is 12.9. The van der Waals surface area contributed by atoms with Crippen LogP contribution in [0.2, 0.25) is 0 Å². The van der Waals surface area contributed by atoms with Gasteiger partial charge in [0.2, 0.25) is 11.8 Å². The highest BCUT2D eigenvalue weighted by Crippen LogP contribution is 2.50. The molecular weight excluding hydrogens is 604 g/mol. The van der Waals surface area contributed by atoms with Gasteiger partial charge >= 0.3 is 0 Å². The molecule has 2 heterocycles. The van der Waals surface area contributed by atoms with E-state index in [1.807, 2.05) is 72.8 Å². The Morgan fingerprint density at radius 1 is 0.510 bits per heavy atom. The molecule has 6 aromatic carbocycles. The van der Waals surface area contributed by atoms with Gasteiger partial charge in [0.05, 0.1) is 17.2 Å². The molecule has 0 radical (unpaired) electrons. The van der Waals surface area contributed by atoms with Gasteiger partial charge in [-0.15, -0.1) is 0 Å². The zero-order valence-corrected chi connectivity index (χ0v) is 26.7. The molecule has 49 heavy (non-hydrogen) atoms. The van der Waals surface area contributed by atoms with Crippen molar-refractivity contribution in [3.8, 4) is 68.4 Å². The Labute approximate surface area is 282 Å². The number of para-hydroxylation sites is 4. The monoisotopic (exact) mass is 630 g/mol. The lowest BCUT2D eigenvalue weighted by atomic mass is 9.81. The van der Waals surface area contributed by atoms with E-state index in [1.54, 1.807) is 6.07 Å². The molecule has 0 amide bonds. The summed E-state index contributed by atoms with van der Waals surface area (Å²) in [6.07, 6.45) is 0. The number of oxazole rings is 2. The third-order valence-corrected chi connectivity index (χ3v) is 9.60. The summed E-state index contributed by atoms with van der Waals surface area (Å²) in [5.41, 5.74) is 12.7. The lowest BCUT2D eigenvalue weighted by Crippen LogP contribution is -2.14. The largest absolute Gasteiger partial charge is 0.436 e. The van der Waals surface area contributed by atoms with Crippen molar-refractivity contribution in [2.24, 2.45) is 0 Å². The summed E-state index contributed by atoms with van der Waals surface area (Å²) in [6.45, 7) is 4.46. The van der Waals surface area contributed by atoms with Gasteiger partial charge in [0, 0.05) is 27.7 Å². The summed E-state index contributed by atoms with van der Waals surface area (Å²) in [5.74, 6) is 0.854. The van der Waals surface area contributed by atoms with E-state index in [-0.39, 0.29) is 5.41 Å². The van der Waals surface area contributed by atoms with Crippen molar-refractivity contribution in [3.05, 3.63) is 144 Å². The van der Waals surface area contributed by atoms with Gasteiger partial charge in [-0.05, 0) is 94.0 Å². The van der Waals surface area contributed by atoms with Gasteiger partial charge in [-0.1, -0.05) is 74.5 Å². The number of benzene rings is 6. The Balaban J connectivity index is 1.26. The van der Waals surface area contributed by atoms with Crippen LogP contribution in [0, 0.1) is 22.7 Å². The Morgan fingerprint density at radius 2 is 1.06 bits per heavy atom. The number of fused-ring (bicyclic) bond motifs is 5. The Bertz CT molecular complexity index is 2580. The second-order valence-corrected chi connectivity index (χ2v) is 12.9. The molecular formula is C43H26N4O2. The standard InChI is InChI=1S/C43H26N4O2/c1-43(2)35-10-4-3-9-30(35)31-16-15-26(22-36(31)43)32-17-25(23-44)18-33(34(32)24-45)27-19-28(41-46-37-11-5-7-13-39(37)48-41)21-29(20-27)42-47-38-12-6-8-14-40(38)49-42/h3-22H,1-2H3. The first kappa shape index (κ1) is 28.5. The van der Waals surface area contributed by atoms with Crippen LogP contribution < -0.4 is 0 Å². The van der Waals surface area contributed by atoms with E-state index in [0.29, 0.717) is 61.9 Å². The average Bonchev–Trinajstić information content (AvgIpc) is 3.84. The molecule has 0 spiro atoms. The molecule has 0 saturated heterocycles. The van der Waals surface area contributed by atoms with E-state index >= 15 is 0 Å².